The summed E-state index contributed by atoms with van der Waals surface area (Å²) in [4.78, 5) is 1.88. The summed E-state index contributed by atoms with van der Waals surface area (Å²) in [5.74, 6) is -2.71. The van der Waals surface area contributed by atoms with Crippen LogP contribution in [0, 0.1) is 17.5 Å². The normalized spacial score (nSPS) is 16.8. The van der Waals surface area contributed by atoms with Crippen LogP contribution in [-0.4, -0.2) is 18.0 Å². The molecule has 1 fully saturated rings. The zero-order chi connectivity index (χ0) is 10.1. The Kier molecular flexibility index (Phi) is 2.46. The Morgan fingerprint density at radius 2 is 1.71 bits per heavy atom. The van der Waals surface area contributed by atoms with Crippen LogP contribution in [0.4, 0.5) is 13.2 Å². The van der Waals surface area contributed by atoms with Gasteiger partial charge in [-0.05, 0) is 31.6 Å². The van der Waals surface area contributed by atoms with Crippen LogP contribution in [0.2, 0.25) is 0 Å². The quantitative estimate of drug-likeness (QED) is 0.664. The first-order valence-corrected chi connectivity index (χ1v) is 4.53. The van der Waals surface area contributed by atoms with Crippen molar-refractivity contribution in [1.29, 1.82) is 0 Å². The van der Waals surface area contributed by atoms with E-state index in [4.69, 9.17) is 0 Å². The van der Waals surface area contributed by atoms with Gasteiger partial charge in [0.2, 0.25) is 0 Å². The van der Waals surface area contributed by atoms with E-state index in [2.05, 4.69) is 0 Å². The minimum absolute atomic E-state index is 0.162. The molecule has 0 saturated carbocycles. The molecule has 1 nitrogen and oxygen atoms in total. The van der Waals surface area contributed by atoms with Crippen molar-refractivity contribution in [3.05, 3.63) is 35.1 Å². The van der Waals surface area contributed by atoms with Gasteiger partial charge in [-0.2, -0.15) is 0 Å². The van der Waals surface area contributed by atoms with Gasteiger partial charge in [-0.3, -0.25) is 4.90 Å². The summed E-state index contributed by atoms with van der Waals surface area (Å²) in [6.07, 6.45) is 1.04. The van der Waals surface area contributed by atoms with Crippen molar-refractivity contribution in [2.45, 2.75) is 13.0 Å². The Hall–Kier alpha value is -1.03. The monoisotopic (exact) mass is 201 g/mol. The van der Waals surface area contributed by atoms with Crippen molar-refractivity contribution in [2.24, 2.45) is 0 Å². The number of hydrogen-bond donors (Lipinski definition) is 0. The third-order valence-corrected chi connectivity index (χ3v) is 2.47. The van der Waals surface area contributed by atoms with Crippen LogP contribution in [-0.2, 0) is 6.54 Å². The van der Waals surface area contributed by atoms with Gasteiger partial charge in [0.15, 0.2) is 11.6 Å². The molecule has 1 aliphatic rings. The predicted molar refractivity (Wildman–Crippen MR) is 46.2 cm³/mol. The third kappa shape index (κ3) is 1.62. The lowest BCUT2D eigenvalue weighted by Gasteiger charge is -2.30. The first kappa shape index (κ1) is 9.52. The smallest absolute Gasteiger partial charge is 0.166 e. The molecule has 0 unspecified atom stereocenters. The minimum Gasteiger partial charge on any atom is -0.299 e. The highest BCUT2D eigenvalue weighted by atomic mass is 19.2. The molecule has 1 heterocycles. The van der Waals surface area contributed by atoms with Gasteiger partial charge >= 0.3 is 0 Å². The molecule has 14 heavy (non-hydrogen) atoms. The van der Waals surface area contributed by atoms with E-state index < -0.39 is 17.5 Å². The Morgan fingerprint density at radius 3 is 2.29 bits per heavy atom. The molecule has 4 heteroatoms. The van der Waals surface area contributed by atoms with Gasteiger partial charge in [-0.15, -0.1) is 0 Å². The molecule has 0 bridgehead atoms. The fraction of sp³-hybridized carbons (Fsp3) is 0.400. The number of halogens is 3. The van der Waals surface area contributed by atoms with Crippen LogP contribution in [0.1, 0.15) is 12.0 Å². The predicted octanol–water partition coefficient (Wildman–Crippen LogP) is 2.31. The fourth-order valence-electron chi connectivity index (χ4n) is 1.48. The topological polar surface area (TPSA) is 3.24 Å². The van der Waals surface area contributed by atoms with Crippen LogP contribution in [0.15, 0.2) is 12.1 Å². The van der Waals surface area contributed by atoms with Crippen molar-refractivity contribution in [1.82, 2.24) is 4.90 Å². The Bertz CT molecular complexity index is 347. The number of hydrogen-bond acceptors (Lipinski definition) is 1. The average Bonchev–Trinajstić information content (AvgIpc) is 2.09. The standard InChI is InChI=1S/C10H10F3N/c11-8-2-3-9(12)10(13)7(8)6-14-4-1-5-14/h2-3H,1,4-6H2. The first-order chi connectivity index (χ1) is 6.68. The molecule has 0 atom stereocenters. The second-order valence-corrected chi connectivity index (χ2v) is 3.45. The highest BCUT2D eigenvalue weighted by Crippen LogP contribution is 2.20. The lowest BCUT2D eigenvalue weighted by molar-refractivity contribution is 0.167. The SMILES string of the molecule is Fc1ccc(F)c(CN2CCC2)c1F. The zero-order valence-electron chi connectivity index (χ0n) is 7.56. The van der Waals surface area contributed by atoms with E-state index in [1.165, 1.54) is 0 Å². The maximum atomic E-state index is 13.1. The molecule has 0 spiro atoms. The van der Waals surface area contributed by atoms with Crippen molar-refractivity contribution >= 4 is 0 Å². The molecule has 0 radical (unpaired) electrons. The van der Waals surface area contributed by atoms with Crippen LogP contribution < -0.4 is 0 Å². The van der Waals surface area contributed by atoms with Crippen LogP contribution in [0.5, 0.6) is 0 Å². The molecule has 1 aromatic carbocycles. The molecule has 0 aliphatic carbocycles. The molecule has 1 aromatic rings. The first-order valence-electron chi connectivity index (χ1n) is 4.53. The van der Waals surface area contributed by atoms with Crippen molar-refractivity contribution < 1.29 is 13.2 Å². The Labute approximate surface area is 80.1 Å². The second kappa shape index (κ2) is 3.61. The van der Waals surface area contributed by atoms with Crippen molar-refractivity contribution in [3.8, 4) is 0 Å². The summed E-state index contributed by atoms with van der Waals surface area (Å²) in [6, 6.07) is 1.78. The summed E-state index contributed by atoms with van der Waals surface area (Å²) >= 11 is 0. The average molecular weight is 201 g/mol. The number of benzene rings is 1. The van der Waals surface area contributed by atoms with Crippen molar-refractivity contribution in [2.75, 3.05) is 13.1 Å². The molecule has 1 aliphatic heterocycles. The fourth-order valence-corrected chi connectivity index (χ4v) is 1.48. The van der Waals surface area contributed by atoms with Gasteiger partial charge in [0.25, 0.3) is 0 Å². The van der Waals surface area contributed by atoms with Crippen LogP contribution in [0.3, 0.4) is 0 Å². The lowest BCUT2D eigenvalue weighted by atomic mass is 10.1. The van der Waals surface area contributed by atoms with E-state index in [9.17, 15) is 13.2 Å². The molecule has 1 saturated heterocycles. The highest BCUT2D eigenvalue weighted by Gasteiger charge is 2.20. The lowest BCUT2D eigenvalue weighted by Crippen LogP contribution is -2.36. The molecule has 0 aromatic heterocycles. The summed E-state index contributed by atoms with van der Waals surface area (Å²) in [6.45, 7) is 1.82. The summed E-state index contributed by atoms with van der Waals surface area (Å²) in [7, 11) is 0. The molecule has 2 rings (SSSR count). The maximum Gasteiger partial charge on any atom is 0.166 e. The summed E-state index contributed by atoms with van der Waals surface area (Å²) in [5.41, 5.74) is -0.162. The molecular weight excluding hydrogens is 191 g/mol. The van der Waals surface area contributed by atoms with Gasteiger partial charge in [0.1, 0.15) is 5.82 Å². The largest absolute Gasteiger partial charge is 0.299 e. The van der Waals surface area contributed by atoms with Crippen molar-refractivity contribution in [3.63, 3.8) is 0 Å². The second-order valence-electron chi connectivity index (χ2n) is 3.45. The van der Waals surface area contributed by atoms with Gasteiger partial charge < -0.3 is 0 Å². The number of likely N-dealkylation sites (tertiary alicyclic amines) is 1. The summed E-state index contributed by atoms with van der Waals surface area (Å²) < 4.78 is 39.0. The number of rotatable bonds is 2. The maximum absolute atomic E-state index is 13.1. The van der Waals surface area contributed by atoms with Gasteiger partial charge in [0, 0.05) is 12.1 Å². The van der Waals surface area contributed by atoms with E-state index in [1.807, 2.05) is 4.90 Å². The summed E-state index contributed by atoms with van der Waals surface area (Å²) in [5, 5.41) is 0. The highest BCUT2D eigenvalue weighted by molar-refractivity contribution is 5.21. The van der Waals surface area contributed by atoms with E-state index in [0.29, 0.717) is 0 Å². The van der Waals surface area contributed by atoms with E-state index in [0.717, 1.165) is 31.6 Å². The zero-order valence-corrected chi connectivity index (χ0v) is 7.56. The Balaban J connectivity index is 2.25. The van der Waals surface area contributed by atoms with Gasteiger partial charge in [-0.25, -0.2) is 13.2 Å². The van der Waals surface area contributed by atoms with E-state index in [-0.39, 0.29) is 12.1 Å². The third-order valence-electron chi connectivity index (χ3n) is 2.47. The molecular formula is C10H10F3N. The van der Waals surface area contributed by atoms with E-state index >= 15 is 0 Å². The van der Waals surface area contributed by atoms with Crippen LogP contribution in [0.25, 0.3) is 0 Å². The Morgan fingerprint density at radius 1 is 1.07 bits per heavy atom. The number of nitrogens with zero attached hydrogens (tertiary/aromatic N) is 1. The van der Waals surface area contributed by atoms with Gasteiger partial charge in [-0.1, -0.05) is 0 Å². The van der Waals surface area contributed by atoms with Gasteiger partial charge in [0.05, 0.1) is 0 Å². The molecule has 0 amide bonds. The van der Waals surface area contributed by atoms with E-state index in [1.54, 1.807) is 0 Å². The minimum atomic E-state index is -1.06. The van der Waals surface area contributed by atoms with Crippen LogP contribution >= 0.6 is 0 Å². The molecule has 76 valence electrons. The molecule has 0 N–H and O–H groups in total.